The number of aryl methyl sites for hydroxylation is 1. The van der Waals surface area contributed by atoms with Crippen LogP contribution in [0.25, 0.3) is 5.69 Å². The van der Waals surface area contributed by atoms with Crippen LogP contribution in [0.5, 0.6) is 0 Å². The maximum Gasteiger partial charge on any atom is 0.305 e. The van der Waals surface area contributed by atoms with Gasteiger partial charge in [-0.05, 0) is 38.8 Å². The third-order valence-corrected chi connectivity index (χ3v) is 4.21. The highest BCUT2D eigenvalue weighted by Gasteiger charge is 2.16. The normalized spacial score (nSPS) is 10.6. The summed E-state index contributed by atoms with van der Waals surface area (Å²) in [7, 11) is 1.40. The van der Waals surface area contributed by atoms with Crippen molar-refractivity contribution in [1.29, 1.82) is 0 Å². The summed E-state index contributed by atoms with van der Waals surface area (Å²) in [5.41, 5.74) is 3.10. The first kappa shape index (κ1) is 19.6. The van der Waals surface area contributed by atoms with E-state index in [-0.39, 0.29) is 11.9 Å². The predicted molar refractivity (Wildman–Crippen MR) is 98.3 cm³/mol. The van der Waals surface area contributed by atoms with Crippen molar-refractivity contribution in [3.63, 3.8) is 0 Å². The Morgan fingerprint density at radius 2 is 1.77 bits per heavy atom. The Labute approximate surface area is 153 Å². The van der Waals surface area contributed by atoms with Gasteiger partial charge in [0.1, 0.15) is 0 Å². The number of hydrogen-bond acceptors (Lipinski definition) is 5. The summed E-state index contributed by atoms with van der Waals surface area (Å²) in [5.74, 6) is -0.388. The summed E-state index contributed by atoms with van der Waals surface area (Å²) >= 11 is 0. The van der Waals surface area contributed by atoms with E-state index < -0.39 is 0 Å². The maximum absolute atomic E-state index is 12.3. The number of aromatic nitrogens is 3. The summed E-state index contributed by atoms with van der Waals surface area (Å²) in [6.45, 7) is 4.43. The van der Waals surface area contributed by atoms with Gasteiger partial charge >= 0.3 is 5.97 Å². The van der Waals surface area contributed by atoms with Crippen molar-refractivity contribution in [2.75, 3.05) is 13.7 Å². The molecule has 0 atom stereocenters. The van der Waals surface area contributed by atoms with E-state index in [1.54, 1.807) is 4.68 Å². The molecule has 0 fully saturated rings. The predicted octanol–water partition coefficient (Wildman–Crippen LogP) is 2.74. The van der Waals surface area contributed by atoms with Gasteiger partial charge in [-0.3, -0.25) is 9.59 Å². The average Bonchev–Trinajstić information content (AvgIpc) is 3.02. The number of amides is 1. The molecule has 0 saturated carbocycles. The molecule has 7 nitrogen and oxygen atoms in total. The first-order chi connectivity index (χ1) is 12.5. The SMILES string of the molecule is COC(=O)CCCCCCNC(=O)c1nnn(-c2ccc(C)cc2)c1C. The highest BCUT2D eigenvalue weighted by atomic mass is 16.5. The molecule has 2 aromatic rings. The molecule has 0 saturated heterocycles. The third-order valence-electron chi connectivity index (χ3n) is 4.21. The summed E-state index contributed by atoms with van der Waals surface area (Å²) < 4.78 is 6.27. The molecular formula is C19H26N4O3. The number of unbranched alkanes of at least 4 members (excludes halogenated alkanes) is 3. The van der Waals surface area contributed by atoms with Crippen LogP contribution in [0.4, 0.5) is 0 Å². The highest BCUT2D eigenvalue weighted by molar-refractivity contribution is 5.93. The second-order valence-electron chi connectivity index (χ2n) is 6.27. The van der Waals surface area contributed by atoms with Crippen molar-refractivity contribution in [1.82, 2.24) is 20.3 Å². The Morgan fingerprint density at radius 3 is 2.46 bits per heavy atom. The summed E-state index contributed by atoms with van der Waals surface area (Å²) in [5, 5.41) is 11.0. The molecule has 0 radical (unpaired) electrons. The minimum atomic E-state index is -0.213. The van der Waals surface area contributed by atoms with Crippen LogP contribution in [0, 0.1) is 13.8 Å². The van der Waals surface area contributed by atoms with Crippen LogP contribution in [0.15, 0.2) is 24.3 Å². The molecule has 1 amide bonds. The lowest BCUT2D eigenvalue weighted by molar-refractivity contribution is -0.140. The smallest absolute Gasteiger partial charge is 0.305 e. The molecule has 0 spiro atoms. The van der Waals surface area contributed by atoms with Crippen molar-refractivity contribution >= 4 is 11.9 Å². The molecule has 0 aliphatic carbocycles. The van der Waals surface area contributed by atoms with Crippen LogP contribution in [0.3, 0.4) is 0 Å². The van der Waals surface area contributed by atoms with Crippen LogP contribution < -0.4 is 5.32 Å². The molecule has 1 heterocycles. The van der Waals surface area contributed by atoms with Gasteiger partial charge in [-0.1, -0.05) is 35.8 Å². The number of rotatable bonds is 9. The Bertz CT molecular complexity index is 738. The van der Waals surface area contributed by atoms with Gasteiger partial charge in [0.2, 0.25) is 0 Å². The van der Waals surface area contributed by atoms with Crippen molar-refractivity contribution < 1.29 is 14.3 Å². The molecular weight excluding hydrogens is 332 g/mol. The number of carbonyl (C=O) groups excluding carboxylic acids is 2. The van der Waals surface area contributed by atoms with Gasteiger partial charge in [0, 0.05) is 13.0 Å². The van der Waals surface area contributed by atoms with Crippen molar-refractivity contribution in [3.05, 3.63) is 41.2 Å². The molecule has 0 unspecified atom stereocenters. The maximum atomic E-state index is 12.3. The molecule has 1 N–H and O–H groups in total. The van der Waals surface area contributed by atoms with E-state index in [0.717, 1.165) is 36.9 Å². The fourth-order valence-electron chi connectivity index (χ4n) is 2.61. The van der Waals surface area contributed by atoms with Gasteiger partial charge in [-0.15, -0.1) is 5.10 Å². The van der Waals surface area contributed by atoms with Crippen molar-refractivity contribution in [3.8, 4) is 5.69 Å². The number of nitrogens with zero attached hydrogens (tertiary/aromatic N) is 3. The van der Waals surface area contributed by atoms with E-state index >= 15 is 0 Å². The quantitative estimate of drug-likeness (QED) is 0.550. The summed E-state index contributed by atoms with van der Waals surface area (Å²) in [6, 6.07) is 7.90. The minimum absolute atomic E-state index is 0.176. The minimum Gasteiger partial charge on any atom is -0.469 e. The first-order valence-electron chi connectivity index (χ1n) is 8.87. The lowest BCUT2D eigenvalue weighted by Crippen LogP contribution is -2.25. The van der Waals surface area contributed by atoms with E-state index in [9.17, 15) is 9.59 Å². The van der Waals surface area contributed by atoms with Crippen molar-refractivity contribution in [2.45, 2.75) is 46.0 Å². The lowest BCUT2D eigenvalue weighted by atomic mass is 10.1. The van der Waals surface area contributed by atoms with E-state index in [1.165, 1.54) is 7.11 Å². The zero-order valence-electron chi connectivity index (χ0n) is 15.6. The van der Waals surface area contributed by atoms with Gasteiger partial charge in [0.25, 0.3) is 5.91 Å². The topological polar surface area (TPSA) is 86.1 Å². The number of esters is 1. The largest absolute Gasteiger partial charge is 0.469 e. The fraction of sp³-hybridized carbons (Fsp3) is 0.474. The van der Waals surface area contributed by atoms with Gasteiger partial charge in [0.05, 0.1) is 18.5 Å². The van der Waals surface area contributed by atoms with Gasteiger partial charge in [0.15, 0.2) is 5.69 Å². The van der Waals surface area contributed by atoms with E-state index in [1.807, 2.05) is 38.1 Å². The molecule has 1 aromatic heterocycles. The monoisotopic (exact) mass is 358 g/mol. The molecule has 2 rings (SSSR count). The number of methoxy groups -OCH3 is 1. The van der Waals surface area contributed by atoms with Gasteiger partial charge in [-0.25, -0.2) is 4.68 Å². The van der Waals surface area contributed by atoms with Crippen LogP contribution in [-0.4, -0.2) is 40.5 Å². The lowest BCUT2D eigenvalue weighted by Gasteiger charge is -2.05. The first-order valence-corrected chi connectivity index (χ1v) is 8.87. The molecule has 0 aliphatic heterocycles. The third kappa shape index (κ3) is 5.40. The molecule has 0 bridgehead atoms. The number of nitrogens with one attached hydrogen (secondary N) is 1. The standard InChI is InChI=1S/C19H26N4O3/c1-14-9-11-16(12-10-14)23-15(2)18(21-22-23)19(25)20-13-7-5-4-6-8-17(24)26-3/h9-12H,4-8,13H2,1-3H3,(H,20,25). The van der Waals surface area contributed by atoms with E-state index in [0.29, 0.717) is 24.4 Å². The molecule has 0 aliphatic rings. The molecule has 7 heteroatoms. The van der Waals surface area contributed by atoms with Crippen LogP contribution in [-0.2, 0) is 9.53 Å². The van der Waals surface area contributed by atoms with Crippen LogP contribution >= 0.6 is 0 Å². The Hall–Kier alpha value is -2.70. The number of benzene rings is 1. The highest BCUT2D eigenvalue weighted by Crippen LogP contribution is 2.13. The van der Waals surface area contributed by atoms with Gasteiger partial charge in [-0.2, -0.15) is 0 Å². The molecule has 140 valence electrons. The second kappa shape index (κ2) is 9.70. The number of ether oxygens (including phenoxy) is 1. The zero-order chi connectivity index (χ0) is 18.9. The molecule has 1 aromatic carbocycles. The Morgan fingerprint density at radius 1 is 1.08 bits per heavy atom. The average molecular weight is 358 g/mol. The Kier molecular flexibility index (Phi) is 7.32. The second-order valence-corrected chi connectivity index (χ2v) is 6.27. The summed E-state index contributed by atoms with van der Waals surface area (Å²) in [6.07, 6.45) is 4.01. The van der Waals surface area contributed by atoms with Crippen molar-refractivity contribution in [2.24, 2.45) is 0 Å². The fourth-order valence-corrected chi connectivity index (χ4v) is 2.61. The number of carbonyl (C=O) groups is 2. The Balaban J connectivity index is 1.78. The van der Waals surface area contributed by atoms with Crippen LogP contribution in [0.1, 0.15) is 53.8 Å². The number of hydrogen-bond donors (Lipinski definition) is 1. The zero-order valence-corrected chi connectivity index (χ0v) is 15.6. The van der Waals surface area contributed by atoms with Crippen LogP contribution in [0.2, 0.25) is 0 Å². The van der Waals surface area contributed by atoms with E-state index in [2.05, 4.69) is 20.4 Å². The molecule has 26 heavy (non-hydrogen) atoms. The summed E-state index contributed by atoms with van der Waals surface area (Å²) in [4.78, 5) is 23.3. The van der Waals surface area contributed by atoms with E-state index in [4.69, 9.17) is 0 Å². The van der Waals surface area contributed by atoms with Gasteiger partial charge < -0.3 is 10.1 Å².